The molecule has 0 aromatic carbocycles. The molecule has 0 heterocycles. The van der Waals surface area contributed by atoms with E-state index in [1.165, 1.54) is 57.8 Å². The molecule has 0 radical (unpaired) electrons. The predicted molar refractivity (Wildman–Crippen MR) is 107 cm³/mol. The third-order valence-corrected chi connectivity index (χ3v) is 4.45. The van der Waals surface area contributed by atoms with Crippen molar-refractivity contribution in [2.45, 2.75) is 71.1 Å². The number of nitrogens with zero attached hydrogens (tertiary/aromatic N) is 1. The zero-order valence-corrected chi connectivity index (χ0v) is 17.7. The first-order valence-electron chi connectivity index (χ1n) is 10.1. The van der Waals surface area contributed by atoms with Crippen LogP contribution in [0.3, 0.4) is 0 Å². The lowest BCUT2D eigenvalue weighted by Crippen LogP contribution is -2.33. The van der Waals surface area contributed by atoms with Crippen molar-refractivity contribution in [1.82, 2.24) is 4.90 Å². The molecule has 27 heavy (non-hydrogen) atoms. The highest BCUT2D eigenvalue weighted by Crippen LogP contribution is 2.10. The van der Waals surface area contributed by atoms with E-state index in [2.05, 4.69) is 11.1 Å². The molecule has 0 aliphatic heterocycles. The van der Waals surface area contributed by atoms with Gasteiger partial charge in [-0.15, -0.1) is 0 Å². The largest absolute Gasteiger partial charge is 0.397 e. The quantitative estimate of drug-likeness (QED) is 0.198. The summed E-state index contributed by atoms with van der Waals surface area (Å²) in [5, 5.41) is 25.7. The molecule has 0 aliphatic rings. The van der Waals surface area contributed by atoms with Gasteiger partial charge in [0.05, 0.1) is 19.8 Å². The fourth-order valence-corrected chi connectivity index (χ4v) is 2.77. The van der Waals surface area contributed by atoms with E-state index in [-0.39, 0.29) is 26.4 Å². The average molecular weight is 416 g/mol. The van der Waals surface area contributed by atoms with Crippen LogP contribution in [-0.4, -0.2) is 79.3 Å². The monoisotopic (exact) mass is 415 g/mol. The topological polar surface area (TPSA) is 128 Å². The van der Waals surface area contributed by atoms with Crippen molar-refractivity contribution in [2.24, 2.45) is 0 Å². The minimum atomic E-state index is -4.40. The van der Waals surface area contributed by atoms with E-state index in [9.17, 15) is 8.42 Å². The van der Waals surface area contributed by atoms with Crippen molar-refractivity contribution in [3.05, 3.63) is 0 Å². The Balaban J connectivity index is 0. The Bertz CT molecular complexity index is 364. The van der Waals surface area contributed by atoms with Crippen molar-refractivity contribution >= 4 is 10.4 Å². The smallest absolute Gasteiger partial charge is 0.396 e. The molecule has 0 spiro atoms. The second-order valence-corrected chi connectivity index (χ2v) is 7.54. The Morgan fingerprint density at radius 2 is 1.15 bits per heavy atom. The molecular weight excluding hydrogens is 374 g/mol. The minimum absolute atomic E-state index is 0.0914. The Morgan fingerprint density at radius 3 is 1.52 bits per heavy atom. The van der Waals surface area contributed by atoms with Gasteiger partial charge in [-0.25, -0.2) is 4.18 Å². The highest BCUT2D eigenvalue weighted by atomic mass is 32.3. The van der Waals surface area contributed by atoms with Gasteiger partial charge >= 0.3 is 10.4 Å². The van der Waals surface area contributed by atoms with Crippen molar-refractivity contribution in [2.75, 3.05) is 46.1 Å². The summed E-state index contributed by atoms with van der Waals surface area (Å²) in [5.74, 6) is 0. The zero-order chi connectivity index (χ0) is 20.8. The number of hydrogen-bond donors (Lipinski definition) is 4. The molecule has 0 amide bonds. The lowest BCUT2D eigenvalue weighted by Gasteiger charge is -2.18. The molecule has 0 fully saturated rings. The second kappa shape index (κ2) is 22.0. The van der Waals surface area contributed by atoms with Crippen molar-refractivity contribution in [1.29, 1.82) is 0 Å². The van der Waals surface area contributed by atoms with Crippen LogP contribution in [0.15, 0.2) is 0 Å². The number of hydrogen-bond acceptors (Lipinski definition) is 7. The van der Waals surface area contributed by atoms with E-state index < -0.39 is 10.4 Å². The average Bonchev–Trinajstić information content (AvgIpc) is 2.60. The first-order chi connectivity index (χ1) is 12.9. The summed E-state index contributed by atoms with van der Waals surface area (Å²) in [5.41, 5.74) is 0. The molecule has 0 unspecified atom stereocenters. The Morgan fingerprint density at radius 1 is 0.704 bits per heavy atom. The van der Waals surface area contributed by atoms with Gasteiger partial charge in [-0.05, 0) is 6.42 Å². The molecule has 9 heteroatoms. The van der Waals surface area contributed by atoms with Gasteiger partial charge in [0.25, 0.3) is 0 Å². The van der Waals surface area contributed by atoms with Crippen LogP contribution in [0.4, 0.5) is 0 Å². The summed E-state index contributed by atoms with van der Waals surface area (Å²) in [7, 11) is -4.40. The van der Waals surface area contributed by atoms with Crippen LogP contribution in [0.25, 0.3) is 0 Å². The summed E-state index contributed by atoms with van der Waals surface area (Å²) in [6.45, 7) is 3.08. The molecule has 8 nitrogen and oxygen atoms in total. The summed E-state index contributed by atoms with van der Waals surface area (Å²) >= 11 is 0. The maximum Gasteiger partial charge on any atom is 0.397 e. The van der Waals surface area contributed by atoms with Gasteiger partial charge in [0, 0.05) is 26.2 Å². The van der Waals surface area contributed by atoms with Gasteiger partial charge in [0.15, 0.2) is 0 Å². The van der Waals surface area contributed by atoms with E-state index in [4.69, 9.17) is 19.9 Å². The molecule has 0 bridgehead atoms. The summed E-state index contributed by atoms with van der Waals surface area (Å²) in [6.07, 6.45) is 13.3. The summed E-state index contributed by atoms with van der Waals surface area (Å²) in [6, 6.07) is 0. The fourth-order valence-electron chi connectivity index (χ4n) is 2.49. The van der Waals surface area contributed by atoms with Crippen molar-refractivity contribution in [3.63, 3.8) is 0 Å². The van der Waals surface area contributed by atoms with E-state index in [0.717, 1.165) is 6.42 Å². The predicted octanol–water partition coefficient (Wildman–Crippen LogP) is 1.99. The zero-order valence-electron chi connectivity index (χ0n) is 16.9. The SMILES string of the molecule is CCCCCCCCCCCCO.O=S(=O)(O)OCCN(CCO)CCO. The molecule has 0 atom stereocenters. The van der Waals surface area contributed by atoms with Crippen molar-refractivity contribution < 1.29 is 32.5 Å². The van der Waals surface area contributed by atoms with E-state index in [0.29, 0.717) is 19.7 Å². The Kier molecular flexibility index (Phi) is 23.6. The van der Waals surface area contributed by atoms with Gasteiger partial charge < -0.3 is 15.3 Å². The lowest BCUT2D eigenvalue weighted by atomic mass is 10.1. The van der Waals surface area contributed by atoms with Crippen molar-refractivity contribution in [3.8, 4) is 0 Å². The maximum absolute atomic E-state index is 10.1. The highest BCUT2D eigenvalue weighted by Gasteiger charge is 2.07. The molecule has 0 saturated carbocycles. The van der Waals surface area contributed by atoms with Gasteiger partial charge in [-0.2, -0.15) is 8.42 Å². The first kappa shape index (κ1) is 28.9. The first-order valence-corrected chi connectivity index (χ1v) is 11.4. The maximum atomic E-state index is 10.1. The molecule has 0 aliphatic carbocycles. The van der Waals surface area contributed by atoms with Gasteiger partial charge in [0.1, 0.15) is 0 Å². The van der Waals surface area contributed by atoms with Crippen LogP contribution in [-0.2, 0) is 14.6 Å². The molecule has 4 N–H and O–H groups in total. The Labute approximate surface area is 165 Å². The molecule has 0 aromatic heterocycles. The molecule has 0 saturated heterocycles. The van der Waals surface area contributed by atoms with E-state index in [1.807, 2.05) is 0 Å². The Hall–Kier alpha value is -0.290. The number of aliphatic hydroxyl groups is 3. The standard InChI is InChI=1S/C12H26O.C6H15NO6S/c1-2-3-4-5-6-7-8-9-10-11-12-13;8-4-1-7(2-5-9)3-6-13-14(10,11)12/h13H,2-12H2,1H3;8-9H,1-6H2,(H,10,11,12). The number of unbranched alkanes of at least 4 members (excludes halogenated alkanes) is 9. The molecular formula is C18H41NO7S. The summed E-state index contributed by atoms with van der Waals surface area (Å²) < 4.78 is 32.6. The van der Waals surface area contributed by atoms with Crippen LogP contribution >= 0.6 is 0 Å². The minimum Gasteiger partial charge on any atom is -0.396 e. The third-order valence-electron chi connectivity index (χ3n) is 3.98. The van der Waals surface area contributed by atoms with Crippen LogP contribution in [0.2, 0.25) is 0 Å². The second-order valence-electron chi connectivity index (χ2n) is 6.44. The van der Waals surface area contributed by atoms with Gasteiger partial charge in [-0.1, -0.05) is 64.7 Å². The van der Waals surface area contributed by atoms with Crippen LogP contribution in [0, 0.1) is 0 Å². The molecule has 0 rings (SSSR count). The normalized spacial score (nSPS) is 11.5. The van der Waals surface area contributed by atoms with E-state index in [1.54, 1.807) is 4.90 Å². The van der Waals surface area contributed by atoms with Gasteiger partial charge in [-0.3, -0.25) is 9.45 Å². The lowest BCUT2D eigenvalue weighted by molar-refractivity contribution is 0.139. The molecule has 166 valence electrons. The number of rotatable bonds is 18. The van der Waals surface area contributed by atoms with E-state index >= 15 is 0 Å². The van der Waals surface area contributed by atoms with Crippen LogP contribution < -0.4 is 0 Å². The highest BCUT2D eigenvalue weighted by molar-refractivity contribution is 7.80. The molecule has 0 aromatic rings. The fraction of sp³-hybridized carbons (Fsp3) is 1.00. The summed E-state index contributed by atoms with van der Waals surface area (Å²) in [4.78, 5) is 1.60. The third kappa shape index (κ3) is 28.0. The number of aliphatic hydroxyl groups excluding tert-OH is 3. The van der Waals surface area contributed by atoms with Gasteiger partial charge in [0.2, 0.25) is 0 Å². The van der Waals surface area contributed by atoms with Crippen LogP contribution in [0.1, 0.15) is 71.1 Å². The van der Waals surface area contributed by atoms with Crippen LogP contribution in [0.5, 0.6) is 0 Å².